The van der Waals surface area contributed by atoms with Gasteiger partial charge in [-0.2, -0.15) is 0 Å². The van der Waals surface area contributed by atoms with Gasteiger partial charge in [-0.3, -0.25) is 4.79 Å². The van der Waals surface area contributed by atoms with Gasteiger partial charge in [0.2, 0.25) is 0 Å². The molecule has 1 rings (SSSR count). The van der Waals surface area contributed by atoms with E-state index in [0.717, 1.165) is 5.56 Å². The zero-order chi connectivity index (χ0) is 14.3. The van der Waals surface area contributed by atoms with Gasteiger partial charge in [0.25, 0.3) is 5.91 Å². The van der Waals surface area contributed by atoms with Gasteiger partial charge in [-0.25, -0.2) is 0 Å². The van der Waals surface area contributed by atoms with Crippen molar-refractivity contribution in [3.63, 3.8) is 0 Å². The van der Waals surface area contributed by atoms with E-state index in [1.807, 2.05) is 43.9 Å². The number of amides is 1. The number of benzene rings is 1. The Bertz CT molecular complexity index is 483. The van der Waals surface area contributed by atoms with Crippen LogP contribution in [-0.2, 0) is 0 Å². The fourth-order valence-electron chi connectivity index (χ4n) is 1.86. The molecule has 3 nitrogen and oxygen atoms in total. The van der Waals surface area contributed by atoms with Gasteiger partial charge < -0.3 is 10.0 Å². The minimum atomic E-state index is 0.0308. The van der Waals surface area contributed by atoms with Crippen molar-refractivity contribution in [1.29, 1.82) is 0 Å². The summed E-state index contributed by atoms with van der Waals surface area (Å²) in [6.07, 6.45) is 0.450. The Hall–Kier alpha value is -1.79. The molecule has 0 aliphatic rings. The SMILES string of the molecule is CCN(C(=O)c1cccc(C#CCCO)c1)C(C)C. The van der Waals surface area contributed by atoms with E-state index in [0.29, 0.717) is 18.5 Å². The Labute approximate surface area is 115 Å². The van der Waals surface area contributed by atoms with E-state index < -0.39 is 0 Å². The van der Waals surface area contributed by atoms with Crippen LogP contribution < -0.4 is 0 Å². The fraction of sp³-hybridized carbons (Fsp3) is 0.438. The van der Waals surface area contributed by atoms with E-state index in [-0.39, 0.29) is 18.6 Å². The maximum atomic E-state index is 12.3. The second-order valence-corrected chi connectivity index (χ2v) is 4.54. The van der Waals surface area contributed by atoms with Crippen molar-refractivity contribution >= 4 is 5.91 Å². The van der Waals surface area contributed by atoms with Gasteiger partial charge in [-0.1, -0.05) is 17.9 Å². The topological polar surface area (TPSA) is 40.5 Å². The molecule has 0 unspecified atom stereocenters. The average molecular weight is 259 g/mol. The van der Waals surface area contributed by atoms with Crippen LogP contribution in [0.4, 0.5) is 0 Å². The molecule has 0 aromatic heterocycles. The largest absolute Gasteiger partial charge is 0.395 e. The third-order valence-corrected chi connectivity index (χ3v) is 2.80. The predicted octanol–water partition coefficient (Wildman–Crippen LogP) is 2.29. The lowest BCUT2D eigenvalue weighted by atomic mass is 10.1. The number of hydrogen-bond acceptors (Lipinski definition) is 2. The van der Waals surface area contributed by atoms with Crippen LogP contribution in [-0.4, -0.2) is 35.1 Å². The van der Waals surface area contributed by atoms with Gasteiger partial charge in [0.05, 0.1) is 6.61 Å². The normalized spacial score (nSPS) is 9.95. The molecule has 0 heterocycles. The van der Waals surface area contributed by atoms with Crippen molar-refractivity contribution in [2.24, 2.45) is 0 Å². The maximum absolute atomic E-state index is 12.3. The number of nitrogens with zero attached hydrogens (tertiary/aromatic N) is 1. The molecule has 0 bridgehead atoms. The molecule has 0 atom stereocenters. The van der Waals surface area contributed by atoms with E-state index in [9.17, 15) is 4.79 Å². The second kappa shape index (κ2) is 7.60. The third-order valence-electron chi connectivity index (χ3n) is 2.80. The minimum absolute atomic E-state index is 0.0308. The van der Waals surface area contributed by atoms with Crippen molar-refractivity contribution in [1.82, 2.24) is 4.90 Å². The van der Waals surface area contributed by atoms with E-state index in [1.54, 1.807) is 6.07 Å². The van der Waals surface area contributed by atoms with Gasteiger partial charge in [0.15, 0.2) is 0 Å². The Morgan fingerprint density at radius 2 is 2.16 bits per heavy atom. The quantitative estimate of drug-likeness (QED) is 0.843. The predicted molar refractivity (Wildman–Crippen MR) is 76.9 cm³/mol. The lowest BCUT2D eigenvalue weighted by Crippen LogP contribution is -2.36. The number of aliphatic hydroxyl groups is 1. The molecule has 1 N–H and O–H groups in total. The average Bonchev–Trinajstić information content (AvgIpc) is 2.39. The molecule has 1 aromatic carbocycles. The zero-order valence-corrected chi connectivity index (χ0v) is 11.8. The van der Waals surface area contributed by atoms with E-state index >= 15 is 0 Å². The number of carbonyl (C=O) groups is 1. The molecule has 102 valence electrons. The highest BCUT2D eigenvalue weighted by Gasteiger charge is 2.16. The molecule has 0 fully saturated rings. The molecular weight excluding hydrogens is 238 g/mol. The number of hydrogen-bond donors (Lipinski definition) is 1. The van der Waals surface area contributed by atoms with Crippen LogP contribution in [0.3, 0.4) is 0 Å². The van der Waals surface area contributed by atoms with Crippen molar-refractivity contribution in [2.75, 3.05) is 13.2 Å². The highest BCUT2D eigenvalue weighted by molar-refractivity contribution is 5.94. The summed E-state index contributed by atoms with van der Waals surface area (Å²) >= 11 is 0. The summed E-state index contributed by atoms with van der Waals surface area (Å²) in [6, 6.07) is 7.50. The zero-order valence-electron chi connectivity index (χ0n) is 11.8. The molecule has 1 amide bonds. The van der Waals surface area contributed by atoms with Gasteiger partial charge in [-0.15, -0.1) is 0 Å². The van der Waals surface area contributed by atoms with Gasteiger partial charge >= 0.3 is 0 Å². The van der Waals surface area contributed by atoms with Crippen LogP contribution in [0, 0.1) is 11.8 Å². The molecule has 3 heteroatoms. The monoisotopic (exact) mass is 259 g/mol. The number of carbonyl (C=O) groups excluding carboxylic acids is 1. The van der Waals surface area contributed by atoms with Crippen molar-refractivity contribution in [3.8, 4) is 11.8 Å². The molecule has 0 aliphatic carbocycles. The van der Waals surface area contributed by atoms with Crippen molar-refractivity contribution < 1.29 is 9.90 Å². The van der Waals surface area contributed by atoms with Crippen LogP contribution in [0.25, 0.3) is 0 Å². The first kappa shape index (κ1) is 15.3. The lowest BCUT2D eigenvalue weighted by molar-refractivity contribution is 0.0717. The van der Waals surface area contributed by atoms with E-state index in [4.69, 9.17) is 5.11 Å². The van der Waals surface area contributed by atoms with Gasteiger partial charge in [-0.05, 0) is 39.0 Å². The van der Waals surface area contributed by atoms with Crippen LogP contribution in [0.2, 0.25) is 0 Å². The number of rotatable bonds is 4. The molecule has 0 saturated heterocycles. The molecular formula is C16H21NO2. The Kier molecular flexibility index (Phi) is 6.11. The van der Waals surface area contributed by atoms with Crippen LogP contribution in [0.5, 0.6) is 0 Å². The molecule has 1 aromatic rings. The van der Waals surface area contributed by atoms with Crippen LogP contribution in [0.1, 0.15) is 43.1 Å². The standard InChI is InChI=1S/C16H21NO2/c1-4-17(13(2)3)16(19)15-10-7-9-14(12-15)8-5-6-11-18/h7,9-10,12-13,18H,4,6,11H2,1-3H3. The summed E-state index contributed by atoms with van der Waals surface area (Å²) in [5.41, 5.74) is 1.46. The smallest absolute Gasteiger partial charge is 0.254 e. The highest BCUT2D eigenvalue weighted by Crippen LogP contribution is 2.10. The summed E-state index contributed by atoms with van der Waals surface area (Å²) in [7, 11) is 0. The minimum Gasteiger partial charge on any atom is -0.395 e. The summed E-state index contributed by atoms with van der Waals surface area (Å²) in [4.78, 5) is 14.2. The van der Waals surface area contributed by atoms with Crippen LogP contribution in [0.15, 0.2) is 24.3 Å². The van der Waals surface area contributed by atoms with E-state index in [2.05, 4.69) is 11.8 Å². The highest BCUT2D eigenvalue weighted by atomic mass is 16.2. The fourth-order valence-corrected chi connectivity index (χ4v) is 1.86. The van der Waals surface area contributed by atoms with Crippen molar-refractivity contribution in [3.05, 3.63) is 35.4 Å². The van der Waals surface area contributed by atoms with E-state index in [1.165, 1.54) is 0 Å². The molecule has 0 saturated carbocycles. The Balaban J connectivity index is 2.93. The molecule has 0 radical (unpaired) electrons. The Morgan fingerprint density at radius 3 is 2.74 bits per heavy atom. The first-order valence-corrected chi connectivity index (χ1v) is 6.61. The molecule has 0 spiro atoms. The van der Waals surface area contributed by atoms with Gasteiger partial charge in [0.1, 0.15) is 0 Å². The summed E-state index contributed by atoms with van der Waals surface area (Å²) in [5.74, 6) is 5.84. The summed E-state index contributed by atoms with van der Waals surface area (Å²) < 4.78 is 0. The van der Waals surface area contributed by atoms with Crippen LogP contribution >= 0.6 is 0 Å². The first-order valence-electron chi connectivity index (χ1n) is 6.61. The number of aliphatic hydroxyl groups excluding tert-OH is 1. The van der Waals surface area contributed by atoms with Gasteiger partial charge in [0, 0.05) is 30.1 Å². The summed E-state index contributed by atoms with van der Waals surface area (Å²) in [6.45, 7) is 6.74. The Morgan fingerprint density at radius 1 is 1.42 bits per heavy atom. The third kappa shape index (κ3) is 4.42. The maximum Gasteiger partial charge on any atom is 0.254 e. The van der Waals surface area contributed by atoms with Crippen molar-refractivity contribution in [2.45, 2.75) is 33.2 Å². The first-order chi connectivity index (χ1) is 9.10. The second-order valence-electron chi connectivity index (χ2n) is 4.54. The lowest BCUT2D eigenvalue weighted by Gasteiger charge is -2.25. The molecule has 19 heavy (non-hydrogen) atoms. The molecule has 0 aliphatic heterocycles. The summed E-state index contributed by atoms with van der Waals surface area (Å²) in [5, 5.41) is 8.69.